The minimum atomic E-state index is 0.919. The van der Waals surface area contributed by atoms with Crippen LogP contribution in [0, 0.1) is 0 Å². The van der Waals surface area contributed by atoms with Gasteiger partial charge in [0, 0.05) is 56.7 Å². The number of rotatable bonds is 5. The lowest BCUT2D eigenvalue weighted by molar-refractivity contribution is 0.827. The summed E-state index contributed by atoms with van der Waals surface area (Å²) in [6.45, 7) is 6.34. The summed E-state index contributed by atoms with van der Waals surface area (Å²) < 4.78 is 4.92. The van der Waals surface area contributed by atoms with Gasteiger partial charge in [-0.2, -0.15) is 0 Å². The van der Waals surface area contributed by atoms with Gasteiger partial charge in [-0.05, 0) is 110 Å². The molecule has 0 spiro atoms. The van der Waals surface area contributed by atoms with Crippen LogP contribution in [0.3, 0.4) is 0 Å². The third-order valence-corrected chi connectivity index (χ3v) is 11.9. The van der Waals surface area contributed by atoms with Crippen LogP contribution in [-0.4, -0.2) is 9.13 Å². The van der Waals surface area contributed by atoms with Crippen LogP contribution in [0.25, 0.3) is 109 Å². The van der Waals surface area contributed by atoms with E-state index in [4.69, 9.17) is 0 Å². The van der Waals surface area contributed by atoms with Gasteiger partial charge < -0.3 is 9.13 Å². The molecule has 0 bridgehead atoms. The second kappa shape index (κ2) is 11.9. The Morgan fingerprint density at radius 1 is 0.315 bits per heavy atom. The molecule has 0 saturated carbocycles. The van der Waals surface area contributed by atoms with E-state index >= 15 is 0 Å². The number of benzene rings is 9. The lowest BCUT2D eigenvalue weighted by Crippen LogP contribution is -1.94. The number of aromatic nitrogens is 2. The molecular weight excluding hydrogens is 653 g/mol. The molecule has 0 aliphatic carbocycles. The summed E-state index contributed by atoms with van der Waals surface area (Å²) in [5.74, 6) is 0. The molecule has 0 radical (unpaired) electrons. The van der Waals surface area contributed by atoms with E-state index in [2.05, 4.69) is 193 Å². The molecule has 2 aromatic heterocycles. The fraction of sp³-hybridized carbons (Fsp3) is 0.0769. The number of para-hydroxylation sites is 2. The van der Waals surface area contributed by atoms with E-state index in [1.807, 2.05) is 0 Å². The van der Waals surface area contributed by atoms with Crippen LogP contribution in [0.5, 0.6) is 0 Å². The quantitative estimate of drug-likeness (QED) is 0.159. The summed E-state index contributed by atoms with van der Waals surface area (Å²) in [5.41, 5.74) is 12.7. The van der Waals surface area contributed by atoms with Crippen molar-refractivity contribution < 1.29 is 0 Å². The molecule has 256 valence electrons. The van der Waals surface area contributed by atoms with E-state index in [9.17, 15) is 0 Å². The number of nitrogens with zero attached hydrogens (tertiary/aromatic N) is 2. The van der Waals surface area contributed by atoms with Crippen molar-refractivity contribution in [1.29, 1.82) is 0 Å². The van der Waals surface area contributed by atoms with Crippen molar-refractivity contribution in [2.24, 2.45) is 0 Å². The molecule has 0 atom stereocenters. The van der Waals surface area contributed by atoms with Crippen molar-refractivity contribution in [3.8, 4) is 33.4 Å². The molecule has 11 aromatic rings. The molecule has 0 amide bonds. The van der Waals surface area contributed by atoms with Gasteiger partial charge in [0.05, 0.1) is 0 Å². The van der Waals surface area contributed by atoms with Crippen molar-refractivity contribution in [1.82, 2.24) is 9.13 Å². The summed E-state index contributed by atoms with van der Waals surface area (Å²) in [7, 11) is 0. The van der Waals surface area contributed by atoms with Gasteiger partial charge in [0.1, 0.15) is 0 Å². The Kier molecular flexibility index (Phi) is 6.84. The highest BCUT2D eigenvalue weighted by Crippen LogP contribution is 2.48. The van der Waals surface area contributed by atoms with Gasteiger partial charge in [-0.1, -0.05) is 140 Å². The van der Waals surface area contributed by atoms with Crippen molar-refractivity contribution >= 4 is 75.9 Å². The van der Waals surface area contributed by atoms with Crippen LogP contribution < -0.4 is 0 Å². The van der Waals surface area contributed by atoms with Crippen LogP contribution in [0.2, 0.25) is 0 Å². The average molecular weight is 691 g/mol. The molecule has 11 rings (SSSR count). The van der Waals surface area contributed by atoms with Crippen LogP contribution in [-0.2, 0) is 13.1 Å². The molecule has 2 nitrogen and oxygen atoms in total. The maximum atomic E-state index is 2.50. The zero-order chi connectivity index (χ0) is 35.9. The molecule has 0 fully saturated rings. The third-order valence-electron chi connectivity index (χ3n) is 11.9. The Labute approximate surface area is 314 Å². The fourth-order valence-corrected chi connectivity index (χ4v) is 9.70. The Morgan fingerprint density at radius 2 is 0.704 bits per heavy atom. The minimum Gasteiger partial charge on any atom is -0.341 e. The molecule has 0 N–H and O–H groups in total. The molecule has 54 heavy (non-hydrogen) atoms. The minimum absolute atomic E-state index is 0.919. The summed E-state index contributed by atoms with van der Waals surface area (Å²) in [6.07, 6.45) is 0. The molecular formula is C52H38N2. The summed E-state index contributed by atoms with van der Waals surface area (Å²) >= 11 is 0. The largest absolute Gasteiger partial charge is 0.341 e. The van der Waals surface area contributed by atoms with E-state index in [0.29, 0.717) is 0 Å². The van der Waals surface area contributed by atoms with Crippen molar-refractivity contribution in [2.45, 2.75) is 26.9 Å². The van der Waals surface area contributed by atoms with Gasteiger partial charge in [0.2, 0.25) is 0 Å². The standard InChI is InChI=1S/C52H38N2/c1-3-53-46-28-9-7-19-42(46)51-38(26-14-30-48(51)53)35-21-12-24-40-44(35)32-45-36(39-27-15-31-49-52(39)43-20-8-10-29-47(43)54(49)4-2)22-13-25-41(45)50(40)37-23-11-17-33-16-5-6-18-34(33)37/h5-32H,3-4H2,1-2H3. The number of hydrogen-bond acceptors (Lipinski definition) is 0. The van der Waals surface area contributed by atoms with Crippen molar-refractivity contribution in [3.63, 3.8) is 0 Å². The van der Waals surface area contributed by atoms with E-state index in [1.54, 1.807) is 0 Å². The molecule has 0 aliphatic rings. The van der Waals surface area contributed by atoms with Gasteiger partial charge in [0.25, 0.3) is 0 Å². The van der Waals surface area contributed by atoms with Crippen LogP contribution in [0.15, 0.2) is 170 Å². The molecule has 0 unspecified atom stereocenters. The second-order valence-corrected chi connectivity index (χ2v) is 14.5. The first-order valence-electron chi connectivity index (χ1n) is 19.2. The first kappa shape index (κ1) is 30.9. The van der Waals surface area contributed by atoms with Gasteiger partial charge in [0.15, 0.2) is 0 Å². The predicted octanol–water partition coefficient (Wildman–Crippen LogP) is 14.4. The van der Waals surface area contributed by atoms with E-state index in [1.165, 1.54) is 109 Å². The van der Waals surface area contributed by atoms with E-state index in [0.717, 1.165) is 13.1 Å². The van der Waals surface area contributed by atoms with Gasteiger partial charge in [-0.3, -0.25) is 0 Å². The van der Waals surface area contributed by atoms with Crippen molar-refractivity contribution in [3.05, 3.63) is 170 Å². The van der Waals surface area contributed by atoms with E-state index < -0.39 is 0 Å². The average Bonchev–Trinajstić information content (AvgIpc) is 3.74. The smallest absolute Gasteiger partial charge is 0.0497 e. The summed E-state index contributed by atoms with van der Waals surface area (Å²) in [4.78, 5) is 0. The number of hydrogen-bond donors (Lipinski definition) is 0. The molecule has 0 aliphatic heterocycles. The first-order valence-corrected chi connectivity index (χ1v) is 19.2. The Balaban J connectivity index is 1.32. The number of aryl methyl sites for hydroxylation is 2. The highest BCUT2D eigenvalue weighted by molar-refractivity contribution is 6.25. The Bertz CT molecular complexity index is 3120. The SMILES string of the molecule is CCn1c2ccccc2c2c(-c3cccc4c(-c5cccc6ccccc56)c5cccc(-c6cccc7c6c6ccccc6n7CC)c5cc34)cccc21. The molecule has 9 aromatic carbocycles. The monoisotopic (exact) mass is 690 g/mol. The Morgan fingerprint density at radius 3 is 1.26 bits per heavy atom. The highest BCUT2D eigenvalue weighted by Gasteiger charge is 2.21. The lowest BCUT2D eigenvalue weighted by Gasteiger charge is -2.19. The Hall–Kier alpha value is -6.64. The number of fused-ring (bicyclic) bond motifs is 9. The topological polar surface area (TPSA) is 9.86 Å². The third kappa shape index (κ3) is 4.28. The summed E-state index contributed by atoms with van der Waals surface area (Å²) in [6, 6.07) is 63.5. The van der Waals surface area contributed by atoms with Gasteiger partial charge >= 0.3 is 0 Å². The maximum Gasteiger partial charge on any atom is 0.0497 e. The zero-order valence-corrected chi connectivity index (χ0v) is 30.5. The first-order chi connectivity index (χ1) is 26.7. The van der Waals surface area contributed by atoms with Gasteiger partial charge in [-0.15, -0.1) is 0 Å². The van der Waals surface area contributed by atoms with Gasteiger partial charge in [-0.25, -0.2) is 0 Å². The van der Waals surface area contributed by atoms with Crippen LogP contribution in [0.4, 0.5) is 0 Å². The molecule has 2 heterocycles. The normalized spacial score (nSPS) is 12.0. The second-order valence-electron chi connectivity index (χ2n) is 14.5. The molecule has 2 heteroatoms. The predicted molar refractivity (Wildman–Crippen MR) is 233 cm³/mol. The van der Waals surface area contributed by atoms with E-state index in [-0.39, 0.29) is 0 Å². The maximum absolute atomic E-state index is 2.50. The fourth-order valence-electron chi connectivity index (χ4n) is 9.70. The lowest BCUT2D eigenvalue weighted by atomic mass is 9.84. The van der Waals surface area contributed by atoms with Crippen LogP contribution >= 0.6 is 0 Å². The van der Waals surface area contributed by atoms with Crippen LogP contribution in [0.1, 0.15) is 13.8 Å². The molecule has 0 saturated heterocycles. The zero-order valence-electron chi connectivity index (χ0n) is 30.5. The summed E-state index contributed by atoms with van der Waals surface area (Å²) in [5, 5.41) is 12.8. The van der Waals surface area contributed by atoms with Crippen molar-refractivity contribution in [2.75, 3.05) is 0 Å². The highest BCUT2D eigenvalue weighted by atomic mass is 15.0.